The lowest BCUT2D eigenvalue weighted by atomic mass is 9.68. The number of para-hydroxylation sites is 1. The van der Waals surface area contributed by atoms with Crippen molar-refractivity contribution in [2.24, 2.45) is 29.6 Å². The Hall–Kier alpha value is -3.05. The maximum Gasteiger partial charge on any atom is 0.416 e. The van der Waals surface area contributed by atoms with Crippen LogP contribution in [0.1, 0.15) is 28.3 Å². The monoisotopic (exact) mass is 558 g/mol. The second kappa shape index (κ2) is 8.22. The maximum absolute atomic E-state index is 13.8. The smallest absolute Gasteiger partial charge is 0.416 e. The van der Waals surface area contributed by atoms with Crippen molar-refractivity contribution in [3.8, 4) is 5.75 Å². The first-order chi connectivity index (χ1) is 18.2. The van der Waals surface area contributed by atoms with Gasteiger partial charge in [-0.2, -0.15) is 13.2 Å². The summed E-state index contributed by atoms with van der Waals surface area (Å²) in [6.07, 6.45) is -3.89. The number of amides is 2. The van der Waals surface area contributed by atoms with Crippen molar-refractivity contribution in [1.29, 1.82) is 0 Å². The standard InChI is InChI=1S/C27H21F3N2O4S2/c1-36-16-8-3-2-7-13(16)17-18-14-10-15(21(18)37-23-22(17)38-26(35)31-23)20-19(14)24(33)32(25(20)34)12-6-4-5-11(9-12)27(28,29)30/h2-9,14-15,17-21H,10H2,1H3,(H,31,35)/t14-,15-,17?,18?,19?,20?,21?/m1/s1. The number of alkyl halides is 3. The number of halogens is 3. The van der Waals surface area contributed by atoms with Crippen LogP contribution in [0.2, 0.25) is 0 Å². The number of anilines is 1. The second-order valence-electron chi connectivity index (χ2n) is 10.3. The number of benzene rings is 2. The number of fused-ring (bicyclic) bond motifs is 9. The van der Waals surface area contributed by atoms with Crippen LogP contribution in [-0.2, 0) is 15.8 Å². The molecular weight excluding hydrogens is 537 g/mol. The summed E-state index contributed by atoms with van der Waals surface area (Å²) in [7, 11) is 1.59. The number of thioether (sulfide) groups is 1. The topological polar surface area (TPSA) is 79.5 Å². The third kappa shape index (κ3) is 3.24. The lowest BCUT2D eigenvalue weighted by Crippen LogP contribution is -2.42. The Morgan fingerprint density at radius 1 is 1.00 bits per heavy atom. The molecule has 196 valence electrons. The number of rotatable bonds is 3. The minimum atomic E-state index is -4.58. The molecule has 2 aliphatic carbocycles. The fraction of sp³-hybridized carbons (Fsp3) is 0.370. The molecule has 1 N–H and O–H groups in total. The highest BCUT2D eigenvalue weighted by Gasteiger charge is 2.69. The van der Waals surface area contributed by atoms with Crippen LogP contribution in [0.25, 0.3) is 0 Å². The summed E-state index contributed by atoms with van der Waals surface area (Å²) in [5.41, 5.74) is -0.00846. The Morgan fingerprint density at radius 3 is 2.47 bits per heavy atom. The predicted molar refractivity (Wildman–Crippen MR) is 135 cm³/mol. The summed E-state index contributed by atoms with van der Waals surface area (Å²) in [5.74, 6) is -1.84. The van der Waals surface area contributed by atoms with E-state index in [0.29, 0.717) is 12.2 Å². The van der Waals surface area contributed by atoms with Gasteiger partial charge in [0.25, 0.3) is 0 Å². The van der Waals surface area contributed by atoms with Gasteiger partial charge in [-0.1, -0.05) is 35.6 Å². The van der Waals surface area contributed by atoms with E-state index in [4.69, 9.17) is 4.74 Å². The molecule has 3 fully saturated rings. The van der Waals surface area contributed by atoms with Crippen molar-refractivity contribution >= 4 is 40.6 Å². The molecule has 11 heteroatoms. The van der Waals surface area contributed by atoms with E-state index in [9.17, 15) is 27.6 Å². The number of hydrogen-bond donors (Lipinski definition) is 1. The first-order valence-corrected chi connectivity index (χ1v) is 14.0. The zero-order valence-electron chi connectivity index (χ0n) is 19.9. The molecule has 1 saturated heterocycles. The summed E-state index contributed by atoms with van der Waals surface area (Å²) < 4.78 is 45.8. The molecule has 38 heavy (non-hydrogen) atoms. The fourth-order valence-corrected chi connectivity index (χ4v) is 10.2. The summed E-state index contributed by atoms with van der Waals surface area (Å²) in [4.78, 5) is 44.5. The minimum Gasteiger partial charge on any atom is -0.496 e. The molecule has 7 atom stereocenters. The van der Waals surface area contributed by atoms with Crippen LogP contribution in [0.5, 0.6) is 5.75 Å². The number of aromatic amines is 1. The number of nitrogens with one attached hydrogen (secondary N) is 1. The van der Waals surface area contributed by atoms with Gasteiger partial charge in [0.1, 0.15) is 5.75 Å². The SMILES string of the molecule is COc1ccccc1C1c2sc(=O)[nH]c2SC2C1[C@H]1C[C@@H]2C2C(=O)N(c3cccc(C(F)(F)F)c3)C(=O)C21. The number of hydrogen-bond acceptors (Lipinski definition) is 6. The van der Waals surface area contributed by atoms with Gasteiger partial charge in [-0.05, 0) is 48.4 Å². The van der Waals surface area contributed by atoms with Gasteiger partial charge in [-0.25, -0.2) is 0 Å². The number of carbonyl (C=O) groups excluding carboxylic acids is 2. The number of H-pyrrole nitrogens is 1. The van der Waals surface area contributed by atoms with E-state index in [2.05, 4.69) is 4.98 Å². The Morgan fingerprint density at radius 2 is 1.74 bits per heavy atom. The van der Waals surface area contributed by atoms with Gasteiger partial charge in [0, 0.05) is 21.6 Å². The highest BCUT2D eigenvalue weighted by atomic mass is 32.2. The average Bonchev–Trinajstić information content (AvgIpc) is 3.62. The molecule has 2 amide bonds. The molecule has 4 aliphatic rings. The number of methoxy groups -OCH3 is 1. The van der Waals surface area contributed by atoms with Crippen LogP contribution in [0, 0.1) is 29.6 Å². The number of aromatic nitrogens is 1. The third-order valence-corrected chi connectivity index (χ3v) is 11.2. The molecule has 3 heterocycles. The highest BCUT2D eigenvalue weighted by molar-refractivity contribution is 8.00. The second-order valence-corrected chi connectivity index (χ2v) is 12.5. The van der Waals surface area contributed by atoms with Gasteiger partial charge in [-0.3, -0.25) is 19.3 Å². The zero-order chi connectivity index (χ0) is 26.5. The Kier molecular flexibility index (Phi) is 5.20. The largest absolute Gasteiger partial charge is 0.496 e. The van der Waals surface area contributed by atoms with E-state index in [1.54, 1.807) is 18.9 Å². The molecule has 5 unspecified atom stereocenters. The number of thiazole rings is 1. The molecule has 2 aliphatic heterocycles. The van der Waals surface area contributed by atoms with Gasteiger partial charge < -0.3 is 9.72 Å². The number of carbonyl (C=O) groups is 2. The molecule has 0 radical (unpaired) electrons. The van der Waals surface area contributed by atoms with E-state index >= 15 is 0 Å². The van der Waals surface area contributed by atoms with Crippen LogP contribution in [0.15, 0.2) is 58.4 Å². The van der Waals surface area contributed by atoms with Crippen LogP contribution in [0.3, 0.4) is 0 Å². The summed E-state index contributed by atoms with van der Waals surface area (Å²) in [6, 6.07) is 12.1. The van der Waals surface area contributed by atoms with E-state index < -0.39 is 35.4 Å². The summed E-state index contributed by atoms with van der Waals surface area (Å²) in [6.45, 7) is 0. The van der Waals surface area contributed by atoms with Crippen molar-refractivity contribution in [2.75, 3.05) is 12.0 Å². The molecule has 1 aromatic heterocycles. The first-order valence-electron chi connectivity index (χ1n) is 12.3. The van der Waals surface area contributed by atoms with Crippen molar-refractivity contribution in [2.45, 2.75) is 28.8 Å². The van der Waals surface area contributed by atoms with Crippen molar-refractivity contribution in [3.05, 3.63) is 74.2 Å². The van der Waals surface area contributed by atoms with Gasteiger partial charge in [-0.15, -0.1) is 11.8 Å². The molecule has 2 aromatic carbocycles. The van der Waals surface area contributed by atoms with Crippen molar-refractivity contribution in [1.82, 2.24) is 4.98 Å². The minimum absolute atomic E-state index is 0.0212. The summed E-state index contributed by atoms with van der Waals surface area (Å²) >= 11 is 2.72. The van der Waals surface area contributed by atoms with Crippen LogP contribution in [-0.4, -0.2) is 29.2 Å². The number of imide groups is 1. The molecule has 7 rings (SSSR count). The van der Waals surface area contributed by atoms with E-state index in [1.807, 2.05) is 24.3 Å². The van der Waals surface area contributed by atoms with Gasteiger partial charge in [0.2, 0.25) is 11.8 Å². The van der Waals surface area contributed by atoms with Crippen molar-refractivity contribution in [3.63, 3.8) is 0 Å². The molecule has 0 spiro atoms. The lowest BCUT2D eigenvalue weighted by molar-refractivity contribution is -0.137. The van der Waals surface area contributed by atoms with Crippen molar-refractivity contribution < 1.29 is 27.5 Å². The molecule has 2 saturated carbocycles. The first kappa shape index (κ1) is 24.0. The Balaban J connectivity index is 1.32. The van der Waals surface area contributed by atoms with E-state index in [0.717, 1.165) is 43.8 Å². The third-order valence-electron chi connectivity index (χ3n) is 8.63. The lowest BCUT2D eigenvalue weighted by Gasteiger charge is -2.43. The molecule has 3 aromatic rings. The Bertz CT molecular complexity index is 1550. The van der Waals surface area contributed by atoms with E-state index in [-0.39, 0.29) is 39.5 Å². The van der Waals surface area contributed by atoms with E-state index in [1.165, 1.54) is 12.1 Å². The molecule has 6 nitrogen and oxygen atoms in total. The van der Waals surface area contributed by atoms with Crippen LogP contribution < -0.4 is 14.5 Å². The number of ether oxygens (including phenoxy) is 1. The molecular formula is C27H21F3N2O4S2. The maximum atomic E-state index is 13.8. The zero-order valence-corrected chi connectivity index (χ0v) is 21.5. The van der Waals surface area contributed by atoms with Crippen LogP contribution in [0.4, 0.5) is 18.9 Å². The quantitative estimate of drug-likeness (QED) is 0.451. The predicted octanol–water partition coefficient (Wildman–Crippen LogP) is 5.14. The van der Waals surface area contributed by atoms with Crippen LogP contribution >= 0.6 is 23.1 Å². The fourth-order valence-electron chi connectivity index (χ4n) is 7.36. The average molecular weight is 559 g/mol. The number of nitrogens with zero attached hydrogens (tertiary/aromatic N) is 1. The van der Waals surface area contributed by atoms with Gasteiger partial charge >= 0.3 is 11.0 Å². The summed E-state index contributed by atoms with van der Waals surface area (Å²) in [5, 5.41) is 0.764. The van der Waals surface area contributed by atoms with Gasteiger partial charge in [0.05, 0.1) is 35.2 Å². The Labute approximate surface area is 223 Å². The molecule has 2 bridgehead atoms. The normalized spacial score (nSPS) is 31.4. The van der Waals surface area contributed by atoms with Gasteiger partial charge in [0.15, 0.2) is 0 Å². The highest BCUT2D eigenvalue weighted by Crippen LogP contribution is 2.69.